The van der Waals surface area contributed by atoms with E-state index >= 15 is 0 Å². The van der Waals surface area contributed by atoms with E-state index < -0.39 is 11.7 Å². The van der Waals surface area contributed by atoms with Gasteiger partial charge in [0.15, 0.2) is 5.78 Å². The summed E-state index contributed by atoms with van der Waals surface area (Å²) in [4.78, 5) is 38.7. The van der Waals surface area contributed by atoms with Crippen molar-refractivity contribution in [2.45, 2.75) is 0 Å². The minimum absolute atomic E-state index is 0.177. The molecule has 0 aromatic heterocycles. The normalized spacial score (nSPS) is 14.2. The fourth-order valence-electron chi connectivity index (χ4n) is 2.59. The van der Waals surface area contributed by atoms with Crippen LogP contribution in [0, 0.1) is 0 Å². The maximum atomic E-state index is 12.5. The van der Waals surface area contributed by atoms with Crippen molar-refractivity contribution in [3.05, 3.63) is 71.3 Å². The molecule has 1 saturated heterocycles. The van der Waals surface area contributed by atoms with E-state index in [-0.39, 0.29) is 11.3 Å². The number of nitrogens with zero attached hydrogens (tertiary/aromatic N) is 1. The average molecular weight is 323 g/mol. The molecule has 2 aromatic rings. The summed E-state index contributed by atoms with van der Waals surface area (Å²) >= 11 is 0. The van der Waals surface area contributed by atoms with E-state index in [4.69, 9.17) is 4.74 Å². The number of Topliss-reactive ketones (excluding diaryl/α,β-unsaturated/α-hetero) is 1. The zero-order valence-electron chi connectivity index (χ0n) is 13.1. The first-order valence-corrected chi connectivity index (χ1v) is 7.78. The molecule has 0 atom stereocenters. The van der Waals surface area contributed by atoms with Crippen LogP contribution in [0.1, 0.15) is 26.3 Å². The van der Waals surface area contributed by atoms with Crippen molar-refractivity contribution in [3.8, 4) is 0 Å². The van der Waals surface area contributed by atoms with Gasteiger partial charge in [0, 0.05) is 29.8 Å². The summed E-state index contributed by atoms with van der Waals surface area (Å²) < 4.78 is 5.19. The van der Waals surface area contributed by atoms with Gasteiger partial charge in [-0.25, -0.2) is 0 Å². The Bertz CT molecular complexity index is 764. The molecule has 2 aromatic carbocycles. The highest BCUT2D eigenvalue weighted by atomic mass is 16.5. The summed E-state index contributed by atoms with van der Waals surface area (Å²) in [6.07, 6.45) is 0. The maximum absolute atomic E-state index is 12.5. The molecule has 122 valence electrons. The topological polar surface area (TPSA) is 63.7 Å². The monoisotopic (exact) mass is 323 g/mol. The molecule has 1 aliphatic rings. The fourth-order valence-corrected chi connectivity index (χ4v) is 2.59. The summed E-state index contributed by atoms with van der Waals surface area (Å²) in [5.74, 6) is -1.33. The van der Waals surface area contributed by atoms with E-state index in [1.54, 1.807) is 42.5 Å². The number of hydrogen-bond acceptors (Lipinski definition) is 4. The molecule has 1 heterocycles. The average Bonchev–Trinajstić information content (AvgIpc) is 2.67. The molecule has 1 aliphatic heterocycles. The molecule has 1 amide bonds. The molecule has 0 unspecified atom stereocenters. The van der Waals surface area contributed by atoms with Crippen LogP contribution in [-0.4, -0.2) is 48.7 Å². The quantitative estimate of drug-likeness (QED) is 0.637. The van der Waals surface area contributed by atoms with Gasteiger partial charge < -0.3 is 9.64 Å². The summed E-state index contributed by atoms with van der Waals surface area (Å²) in [5.41, 5.74) is 1.16. The molecule has 0 saturated carbocycles. The van der Waals surface area contributed by atoms with Crippen LogP contribution in [0.25, 0.3) is 0 Å². The number of ether oxygens (including phenoxy) is 1. The minimum atomic E-state index is -0.598. The van der Waals surface area contributed by atoms with Gasteiger partial charge >= 0.3 is 0 Å². The number of amides is 1. The predicted molar refractivity (Wildman–Crippen MR) is 88.0 cm³/mol. The smallest absolute Gasteiger partial charge is 0.295 e. The van der Waals surface area contributed by atoms with Crippen molar-refractivity contribution in [3.63, 3.8) is 0 Å². The third kappa shape index (κ3) is 3.41. The summed E-state index contributed by atoms with van der Waals surface area (Å²) in [6, 6.07) is 15.1. The molecule has 1 fully saturated rings. The third-order valence-electron chi connectivity index (χ3n) is 3.92. The summed E-state index contributed by atoms with van der Waals surface area (Å²) in [6.45, 7) is 1.69. The molecule has 0 spiro atoms. The molecule has 5 nitrogen and oxygen atoms in total. The predicted octanol–water partition coefficient (Wildman–Crippen LogP) is 1.96. The molecular weight excluding hydrogens is 306 g/mol. The van der Waals surface area contributed by atoms with Crippen LogP contribution in [0.2, 0.25) is 0 Å². The lowest BCUT2D eigenvalue weighted by Gasteiger charge is -2.26. The zero-order valence-corrected chi connectivity index (χ0v) is 13.1. The standard InChI is InChI=1S/C19H17NO4/c21-17(14-5-2-1-3-6-14)15-7-4-8-16(13-15)18(22)19(23)20-9-11-24-12-10-20/h1-8,13H,9-12H2. The Balaban J connectivity index is 1.81. The van der Waals surface area contributed by atoms with Crippen molar-refractivity contribution >= 4 is 17.5 Å². The van der Waals surface area contributed by atoms with Crippen molar-refractivity contribution in [1.29, 1.82) is 0 Å². The first-order valence-electron chi connectivity index (χ1n) is 7.78. The molecule has 0 N–H and O–H groups in total. The minimum Gasteiger partial charge on any atom is -0.378 e. The Labute approximate surface area is 139 Å². The van der Waals surface area contributed by atoms with Gasteiger partial charge in [-0.15, -0.1) is 0 Å². The number of carbonyl (C=O) groups is 3. The molecule has 24 heavy (non-hydrogen) atoms. The van der Waals surface area contributed by atoms with Gasteiger partial charge in [-0.3, -0.25) is 14.4 Å². The highest BCUT2D eigenvalue weighted by Crippen LogP contribution is 2.13. The Morgan fingerprint density at radius 3 is 2.12 bits per heavy atom. The van der Waals surface area contributed by atoms with Crippen LogP contribution < -0.4 is 0 Å². The fraction of sp³-hybridized carbons (Fsp3) is 0.211. The van der Waals surface area contributed by atoms with Crippen molar-refractivity contribution in [2.75, 3.05) is 26.3 Å². The Morgan fingerprint density at radius 1 is 0.792 bits per heavy atom. The van der Waals surface area contributed by atoms with E-state index in [2.05, 4.69) is 0 Å². The second-order valence-electron chi connectivity index (χ2n) is 5.51. The molecule has 3 rings (SSSR count). The van der Waals surface area contributed by atoms with E-state index in [1.165, 1.54) is 11.0 Å². The number of hydrogen-bond donors (Lipinski definition) is 0. The lowest BCUT2D eigenvalue weighted by Crippen LogP contribution is -2.44. The molecule has 0 radical (unpaired) electrons. The lowest BCUT2D eigenvalue weighted by atomic mass is 9.99. The number of rotatable bonds is 4. The van der Waals surface area contributed by atoms with Crippen molar-refractivity contribution < 1.29 is 19.1 Å². The van der Waals surface area contributed by atoms with Gasteiger partial charge in [-0.1, -0.05) is 48.5 Å². The van der Waals surface area contributed by atoms with E-state index in [0.29, 0.717) is 37.4 Å². The molecule has 5 heteroatoms. The van der Waals surface area contributed by atoms with Crippen LogP contribution in [-0.2, 0) is 9.53 Å². The Morgan fingerprint density at radius 2 is 1.42 bits per heavy atom. The first-order chi connectivity index (χ1) is 11.7. The maximum Gasteiger partial charge on any atom is 0.295 e. The lowest BCUT2D eigenvalue weighted by molar-refractivity contribution is -0.130. The molecule has 0 aliphatic carbocycles. The number of ketones is 2. The third-order valence-corrected chi connectivity index (χ3v) is 3.92. The van der Waals surface area contributed by atoms with Crippen LogP contribution in [0.5, 0.6) is 0 Å². The van der Waals surface area contributed by atoms with Crippen LogP contribution in [0.3, 0.4) is 0 Å². The van der Waals surface area contributed by atoms with Crippen LogP contribution in [0.4, 0.5) is 0 Å². The highest BCUT2D eigenvalue weighted by molar-refractivity contribution is 6.42. The van der Waals surface area contributed by atoms with Crippen LogP contribution >= 0.6 is 0 Å². The largest absolute Gasteiger partial charge is 0.378 e. The number of benzene rings is 2. The van der Waals surface area contributed by atoms with E-state index in [1.807, 2.05) is 6.07 Å². The highest BCUT2D eigenvalue weighted by Gasteiger charge is 2.25. The zero-order chi connectivity index (χ0) is 16.9. The van der Waals surface area contributed by atoms with Gasteiger partial charge in [0.2, 0.25) is 5.78 Å². The Hall–Kier alpha value is -2.79. The van der Waals surface area contributed by atoms with Gasteiger partial charge in [0.05, 0.1) is 13.2 Å². The second-order valence-corrected chi connectivity index (χ2v) is 5.51. The SMILES string of the molecule is O=C(C(=O)N1CCOCC1)c1cccc(C(=O)c2ccccc2)c1. The van der Waals surface area contributed by atoms with Gasteiger partial charge in [0.1, 0.15) is 0 Å². The van der Waals surface area contributed by atoms with Gasteiger partial charge in [-0.2, -0.15) is 0 Å². The van der Waals surface area contributed by atoms with Crippen LogP contribution in [0.15, 0.2) is 54.6 Å². The second kappa shape index (κ2) is 7.19. The van der Waals surface area contributed by atoms with Gasteiger partial charge in [-0.05, 0) is 6.07 Å². The molecule has 0 bridgehead atoms. The molecular formula is C19H17NO4. The van der Waals surface area contributed by atoms with Crippen molar-refractivity contribution in [2.24, 2.45) is 0 Å². The Kier molecular flexibility index (Phi) is 4.82. The summed E-state index contributed by atoms with van der Waals surface area (Å²) in [5, 5.41) is 0. The van der Waals surface area contributed by atoms with Gasteiger partial charge in [0.25, 0.3) is 5.91 Å². The number of morpholine rings is 1. The van der Waals surface area contributed by atoms with E-state index in [0.717, 1.165) is 0 Å². The summed E-state index contributed by atoms with van der Waals surface area (Å²) in [7, 11) is 0. The number of carbonyl (C=O) groups excluding carboxylic acids is 3. The van der Waals surface area contributed by atoms with Crippen molar-refractivity contribution in [1.82, 2.24) is 4.90 Å². The first kappa shape index (κ1) is 16.1. The van der Waals surface area contributed by atoms with E-state index in [9.17, 15) is 14.4 Å².